The fourth-order valence-electron chi connectivity index (χ4n) is 9.89. The Labute approximate surface area is 350 Å². The molecule has 10 rings (SSSR count). The monoisotopic (exact) mass is 759 g/mol. The molecule has 3 aliphatic rings. The summed E-state index contributed by atoms with van der Waals surface area (Å²) in [6, 6.07) is 56.6. The van der Waals surface area contributed by atoms with Gasteiger partial charge in [-0.1, -0.05) is 178 Å². The van der Waals surface area contributed by atoms with Gasteiger partial charge in [0.05, 0.1) is 0 Å². The molecule has 0 saturated carbocycles. The zero-order valence-electron chi connectivity index (χ0n) is 34.3. The van der Waals surface area contributed by atoms with E-state index in [0.717, 1.165) is 24.9 Å². The van der Waals surface area contributed by atoms with Gasteiger partial charge in [-0.25, -0.2) is 0 Å². The second kappa shape index (κ2) is 14.9. The molecule has 1 unspecified atom stereocenters. The summed E-state index contributed by atoms with van der Waals surface area (Å²) < 4.78 is 0. The van der Waals surface area contributed by atoms with Crippen LogP contribution in [0.1, 0.15) is 72.9 Å². The molecule has 0 saturated heterocycles. The van der Waals surface area contributed by atoms with Gasteiger partial charge in [0.1, 0.15) is 0 Å². The molecule has 0 aromatic heterocycles. The van der Waals surface area contributed by atoms with Crippen molar-refractivity contribution in [1.29, 1.82) is 0 Å². The Morgan fingerprint density at radius 3 is 2.03 bits per heavy atom. The van der Waals surface area contributed by atoms with E-state index in [0.29, 0.717) is 5.92 Å². The lowest BCUT2D eigenvalue weighted by Crippen LogP contribution is -2.17. The standard InChI is InChI=1S/C58H49N/c1-5-48-50(22-14-23-52(48)49-20-11-9-15-39(49)2)44-27-25-41(26-28-44)42-29-32-46(33-30-42)59(57-24-13-19-43-18-10-12-21-51(43)57)47-34-36-54-53-35-31-45(40-16-7-6-8-17-40)37-55(53)58(3,4)56(54)38-47/h5-11,13-19,22-38,49H,1,12,20-21H2,2-4H3. The predicted octanol–water partition coefficient (Wildman–Crippen LogP) is 16.1. The molecule has 59 heavy (non-hydrogen) atoms. The number of fused-ring (bicyclic) bond motifs is 4. The Kier molecular flexibility index (Phi) is 9.26. The van der Waals surface area contributed by atoms with Crippen molar-refractivity contribution in [3.63, 3.8) is 0 Å². The summed E-state index contributed by atoms with van der Waals surface area (Å²) in [6.45, 7) is 11.3. The molecule has 0 spiro atoms. The van der Waals surface area contributed by atoms with E-state index in [1.54, 1.807) is 0 Å². The number of rotatable bonds is 8. The quantitative estimate of drug-likeness (QED) is 0.149. The van der Waals surface area contributed by atoms with Crippen LogP contribution in [0, 0.1) is 0 Å². The lowest BCUT2D eigenvalue weighted by atomic mass is 9.81. The highest BCUT2D eigenvalue weighted by atomic mass is 15.1. The number of nitrogens with zero attached hydrogens (tertiary/aromatic N) is 1. The summed E-state index contributed by atoms with van der Waals surface area (Å²) in [5, 5.41) is 0. The Morgan fingerprint density at radius 1 is 0.610 bits per heavy atom. The van der Waals surface area contributed by atoms with E-state index in [2.05, 4.69) is 214 Å². The predicted molar refractivity (Wildman–Crippen MR) is 253 cm³/mol. The molecular formula is C58H49N. The number of anilines is 3. The minimum absolute atomic E-state index is 0.150. The lowest BCUT2D eigenvalue weighted by molar-refractivity contribution is 0.660. The average Bonchev–Trinajstić information content (AvgIpc) is 3.51. The van der Waals surface area contributed by atoms with Gasteiger partial charge in [-0.3, -0.25) is 0 Å². The van der Waals surface area contributed by atoms with Crippen LogP contribution in [0.3, 0.4) is 0 Å². The fraction of sp³-hybridized carbons (Fsp3) is 0.138. The molecule has 0 aliphatic heterocycles. The van der Waals surface area contributed by atoms with Crippen LogP contribution in [0.4, 0.5) is 17.1 Å². The van der Waals surface area contributed by atoms with Crippen LogP contribution in [0.5, 0.6) is 0 Å². The molecule has 0 amide bonds. The molecule has 0 radical (unpaired) electrons. The molecule has 1 atom stereocenters. The van der Waals surface area contributed by atoms with Crippen molar-refractivity contribution in [2.45, 2.75) is 51.4 Å². The maximum atomic E-state index is 4.25. The highest BCUT2D eigenvalue weighted by Gasteiger charge is 2.36. The molecule has 0 heterocycles. The molecule has 1 nitrogen and oxygen atoms in total. The third-order valence-corrected chi connectivity index (χ3v) is 13.1. The molecular weight excluding hydrogens is 711 g/mol. The maximum absolute atomic E-state index is 4.25. The lowest BCUT2D eigenvalue weighted by Gasteiger charge is -2.31. The van der Waals surface area contributed by atoms with Gasteiger partial charge >= 0.3 is 0 Å². The Morgan fingerprint density at radius 2 is 1.27 bits per heavy atom. The number of allylic oxidation sites excluding steroid dienone is 5. The Hall–Kier alpha value is -6.70. The average molecular weight is 760 g/mol. The van der Waals surface area contributed by atoms with Crippen LogP contribution in [-0.2, 0) is 11.8 Å². The van der Waals surface area contributed by atoms with Gasteiger partial charge in [-0.2, -0.15) is 0 Å². The first-order valence-electron chi connectivity index (χ1n) is 21.1. The number of benzene rings is 7. The highest BCUT2D eigenvalue weighted by molar-refractivity contribution is 5.89. The molecule has 0 N–H and O–H groups in total. The van der Waals surface area contributed by atoms with Crippen molar-refractivity contribution in [1.82, 2.24) is 0 Å². The zero-order chi connectivity index (χ0) is 40.1. The number of hydrogen-bond donors (Lipinski definition) is 0. The topological polar surface area (TPSA) is 3.24 Å². The van der Waals surface area contributed by atoms with Crippen LogP contribution >= 0.6 is 0 Å². The molecule has 7 aromatic carbocycles. The molecule has 7 aromatic rings. The van der Waals surface area contributed by atoms with Gasteiger partial charge in [-0.05, 0) is 140 Å². The van der Waals surface area contributed by atoms with Crippen molar-refractivity contribution in [3.05, 3.63) is 221 Å². The summed E-state index contributed by atoms with van der Waals surface area (Å²) in [5.41, 5.74) is 22.9. The van der Waals surface area contributed by atoms with E-state index in [9.17, 15) is 0 Å². The van der Waals surface area contributed by atoms with Crippen LogP contribution in [0.15, 0.2) is 188 Å². The van der Waals surface area contributed by atoms with Gasteiger partial charge < -0.3 is 4.90 Å². The van der Waals surface area contributed by atoms with Crippen molar-refractivity contribution >= 4 is 29.2 Å². The first-order chi connectivity index (χ1) is 28.9. The second-order valence-corrected chi connectivity index (χ2v) is 16.9. The summed E-state index contributed by atoms with van der Waals surface area (Å²) in [6.07, 6.45) is 16.4. The first-order valence-corrected chi connectivity index (χ1v) is 21.1. The summed E-state index contributed by atoms with van der Waals surface area (Å²) in [7, 11) is 0. The van der Waals surface area contributed by atoms with Crippen molar-refractivity contribution < 1.29 is 0 Å². The molecule has 0 bridgehead atoms. The molecule has 3 aliphatic carbocycles. The molecule has 1 heteroatoms. The second-order valence-electron chi connectivity index (χ2n) is 16.9. The van der Waals surface area contributed by atoms with Gasteiger partial charge in [0.2, 0.25) is 0 Å². The zero-order valence-corrected chi connectivity index (χ0v) is 34.3. The van der Waals surface area contributed by atoms with Crippen LogP contribution < -0.4 is 4.90 Å². The summed E-state index contributed by atoms with van der Waals surface area (Å²) >= 11 is 0. The van der Waals surface area contributed by atoms with Gasteiger partial charge in [0, 0.05) is 28.4 Å². The van der Waals surface area contributed by atoms with Crippen molar-refractivity contribution in [3.8, 4) is 44.5 Å². The van der Waals surface area contributed by atoms with E-state index < -0.39 is 0 Å². The third kappa shape index (κ3) is 6.43. The Bertz CT molecular complexity index is 2830. The van der Waals surface area contributed by atoms with Crippen LogP contribution in [0.2, 0.25) is 0 Å². The molecule has 0 fully saturated rings. The van der Waals surface area contributed by atoms with E-state index in [1.807, 2.05) is 6.08 Å². The largest absolute Gasteiger partial charge is 0.310 e. The molecule has 286 valence electrons. The van der Waals surface area contributed by atoms with E-state index in [1.165, 1.54) is 94.8 Å². The smallest absolute Gasteiger partial charge is 0.0499 e. The van der Waals surface area contributed by atoms with E-state index >= 15 is 0 Å². The summed E-state index contributed by atoms with van der Waals surface area (Å²) in [4.78, 5) is 2.49. The van der Waals surface area contributed by atoms with Crippen LogP contribution in [-0.4, -0.2) is 0 Å². The van der Waals surface area contributed by atoms with E-state index in [4.69, 9.17) is 0 Å². The van der Waals surface area contributed by atoms with Crippen molar-refractivity contribution in [2.24, 2.45) is 0 Å². The highest BCUT2D eigenvalue weighted by Crippen LogP contribution is 2.52. The Balaban J connectivity index is 1.00. The minimum Gasteiger partial charge on any atom is -0.310 e. The van der Waals surface area contributed by atoms with Gasteiger partial charge in [0.15, 0.2) is 0 Å². The number of hydrogen-bond acceptors (Lipinski definition) is 1. The van der Waals surface area contributed by atoms with Gasteiger partial charge in [0.25, 0.3) is 0 Å². The maximum Gasteiger partial charge on any atom is 0.0499 e. The normalized spacial score (nSPS) is 15.8. The SMILES string of the molecule is C=Cc1c(-c2ccc(-c3ccc(N(c4ccc5c(c4)C(C)(C)c4cc(-c6ccccc6)ccc4-5)c4cccc5c4CCC=C5)cc3)cc2)cccc1C1CC=CC=C1C. The third-order valence-electron chi connectivity index (χ3n) is 13.1. The fourth-order valence-corrected chi connectivity index (χ4v) is 9.89. The minimum atomic E-state index is -0.150. The van der Waals surface area contributed by atoms with Crippen LogP contribution in [0.25, 0.3) is 56.7 Å². The van der Waals surface area contributed by atoms with Gasteiger partial charge in [-0.15, -0.1) is 0 Å². The van der Waals surface area contributed by atoms with E-state index in [-0.39, 0.29) is 5.41 Å². The summed E-state index contributed by atoms with van der Waals surface area (Å²) in [5.74, 6) is 0.385. The van der Waals surface area contributed by atoms with Crippen molar-refractivity contribution in [2.75, 3.05) is 4.90 Å². The first kappa shape index (κ1) is 36.6.